The van der Waals surface area contributed by atoms with Crippen LogP contribution in [0.15, 0.2) is 48.5 Å². The van der Waals surface area contributed by atoms with Crippen molar-refractivity contribution in [1.29, 1.82) is 0 Å². The number of nitrogens with zero attached hydrogens (tertiary/aromatic N) is 2. The van der Waals surface area contributed by atoms with Crippen molar-refractivity contribution >= 4 is 34.3 Å². The molecule has 0 saturated carbocycles. The summed E-state index contributed by atoms with van der Waals surface area (Å²) >= 11 is 5.98. The predicted octanol–water partition coefficient (Wildman–Crippen LogP) is 3.43. The van der Waals surface area contributed by atoms with E-state index in [1.54, 1.807) is 41.2 Å². The minimum absolute atomic E-state index is 0.0627. The molecule has 0 aliphatic carbocycles. The molecular formula is C21H20ClN3O3. The Bertz CT molecular complexity index is 1040. The SMILES string of the molecule is COc1ccc2cc(C(=O)N3CCN(C(=O)c4cccc(Cl)c4)CC3)[nH]c2c1. The average molecular weight is 398 g/mol. The molecule has 1 aliphatic heterocycles. The maximum Gasteiger partial charge on any atom is 0.270 e. The zero-order chi connectivity index (χ0) is 19.7. The summed E-state index contributed by atoms with van der Waals surface area (Å²) in [7, 11) is 1.61. The number of carbonyl (C=O) groups is 2. The van der Waals surface area contributed by atoms with Gasteiger partial charge < -0.3 is 19.5 Å². The molecule has 0 spiro atoms. The smallest absolute Gasteiger partial charge is 0.270 e. The summed E-state index contributed by atoms with van der Waals surface area (Å²) in [5.41, 5.74) is 1.96. The van der Waals surface area contributed by atoms with E-state index in [0.717, 1.165) is 16.7 Å². The molecule has 4 rings (SSSR count). The van der Waals surface area contributed by atoms with Crippen molar-refractivity contribution in [3.05, 3.63) is 64.8 Å². The average Bonchev–Trinajstić information content (AvgIpc) is 3.16. The number of aromatic amines is 1. The quantitative estimate of drug-likeness (QED) is 0.736. The topological polar surface area (TPSA) is 65.6 Å². The van der Waals surface area contributed by atoms with Gasteiger partial charge in [-0.15, -0.1) is 0 Å². The van der Waals surface area contributed by atoms with Gasteiger partial charge in [0.1, 0.15) is 11.4 Å². The predicted molar refractivity (Wildman–Crippen MR) is 108 cm³/mol. The molecule has 2 amide bonds. The summed E-state index contributed by atoms with van der Waals surface area (Å²) in [5.74, 6) is 0.610. The van der Waals surface area contributed by atoms with Crippen LogP contribution < -0.4 is 4.74 Å². The molecule has 2 aromatic carbocycles. The second-order valence-electron chi connectivity index (χ2n) is 6.73. The molecule has 1 aromatic heterocycles. The number of fused-ring (bicyclic) bond motifs is 1. The first-order valence-corrected chi connectivity index (χ1v) is 9.44. The molecule has 0 atom stereocenters. The van der Waals surface area contributed by atoms with Crippen LogP contribution in [0.3, 0.4) is 0 Å². The fourth-order valence-electron chi connectivity index (χ4n) is 3.44. The van der Waals surface area contributed by atoms with E-state index in [2.05, 4.69) is 4.98 Å². The first-order chi connectivity index (χ1) is 13.5. The summed E-state index contributed by atoms with van der Waals surface area (Å²) in [4.78, 5) is 32.2. The Morgan fingerprint density at radius 3 is 2.36 bits per heavy atom. The minimum atomic E-state index is -0.0648. The van der Waals surface area contributed by atoms with Gasteiger partial charge in [-0.1, -0.05) is 17.7 Å². The largest absolute Gasteiger partial charge is 0.497 e. The number of benzene rings is 2. The third-order valence-electron chi connectivity index (χ3n) is 4.99. The number of hydrogen-bond acceptors (Lipinski definition) is 3. The third kappa shape index (κ3) is 3.55. The van der Waals surface area contributed by atoms with Gasteiger partial charge in [0.25, 0.3) is 11.8 Å². The monoisotopic (exact) mass is 397 g/mol. The highest BCUT2D eigenvalue weighted by Gasteiger charge is 2.26. The Morgan fingerprint density at radius 2 is 1.68 bits per heavy atom. The number of piperazine rings is 1. The Balaban J connectivity index is 1.43. The van der Waals surface area contributed by atoms with Crippen molar-refractivity contribution < 1.29 is 14.3 Å². The van der Waals surface area contributed by atoms with Crippen LogP contribution in [0.1, 0.15) is 20.8 Å². The molecule has 1 N–H and O–H groups in total. The van der Waals surface area contributed by atoms with Crippen LogP contribution in [-0.2, 0) is 0 Å². The van der Waals surface area contributed by atoms with Crippen molar-refractivity contribution in [3.8, 4) is 5.75 Å². The number of ether oxygens (including phenoxy) is 1. The van der Waals surface area contributed by atoms with E-state index in [-0.39, 0.29) is 11.8 Å². The molecule has 144 valence electrons. The molecule has 0 bridgehead atoms. The molecule has 3 aromatic rings. The number of amides is 2. The van der Waals surface area contributed by atoms with Crippen LogP contribution in [0.5, 0.6) is 5.75 Å². The summed E-state index contributed by atoms with van der Waals surface area (Å²) in [6.07, 6.45) is 0. The Kier molecular flexibility index (Phi) is 4.96. The fraction of sp³-hybridized carbons (Fsp3) is 0.238. The van der Waals surface area contributed by atoms with Crippen molar-refractivity contribution in [3.63, 3.8) is 0 Å². The number of H-pyrrole nitrogens is 1. The normalized spacial score (nSPS) is 14.4. The number of nitrogens with one attached hydrogen (secondary N) is 1. The molecule has 2 heterocycles. The van der Waals surface area contributed by atoms with Gasteiger partial charge in [0.15, 0.2) is 0 Å². The van der Waals surface area contributed by atoms with Crippen LogP contribution in [0.2, 0.25) is 5.02 Å². The second-order valence-corrected chi connectivity index (χ2v) is 7.17. The van der Waals surface area contributed by atoms with E-state index >= 15 is 0 Å². The second kappa shape index (κ2) is 7.56. The summed E-state index contributed by atoms with van der Waals surface area (Å²) in [6.45, 7) is 1.96. The first kappa shape index (κ1) is 18.4. The van der Waals surface area contributed by atoms with Crippen molar-refractivity contribution in [2.75, 3.05) is 33.3 Å². The maximum absolute atomic E-state index is 12.9. The molecule has 0 radical (unpaired) electrons. The Morgan fingerprint density at radius 1 is 0.964 bits per heavy atom. The van der Waals surface area contributed by atoms with Gasteiger partial charge in [-0.05, 0) is 36.4 Å². The molecule has 6 nitrogen and oxygen atoms in total. The summed E-state index contributed by atoms with van der Waals surface area (Å²) < 4.78 is 5.23. The van der Waals surface area contributed by atoms with Gasteiger partial charge in [-0.25, -0.2) is 0 Å². The highest BCUT2D eigenvalue weighted by molar-refractivity contribution is 6.30. The van der Waals surface area contributed by atoms with Crippen molar-refractivity contribution in [2.45, 2.75) is 0 Å². The number of halogens is 1. The van der Waals surface area contributed by atoms with Gasteiger partial charge >= 0.3 is 0 Å². The van der Waals surface area contributed by atoms with Crippen LogP contribution in [0, 0.1) is 0 Å². The van der Waals surface area contributed by atoms with Gasteiger partial charge in [-0.2, -0.15) is 0 Å². The van der Waals surface area contributed by atoms with E-state index in [4.69, 9.17) is 16.3 Å². The van der Waals surface area contributed by atoms with E-state index in [0.29, 0.717) is 42.5 Å². The van der Waals surface area contributed by atoms with Crippen molar-refractivity contribution in [2.24, 2.45) is 0 Å². The van der Waals surface area contributed by atoms with Gasteiger partial charge in [-0.3, -0.25) is 9.59 Å². The van der Waals surface area contributed by atoms with Crippen LogP contribution >= 0.6 is 11.6 Å². The number of methoxy groups -OCH3 is 1. The fourth-order valence-corrected chi connectivity index (χ4v) is 3.63. The third-order valence-corrected chi connectivity index (χ3v) is 5.22. The lowest BCUT2D eigenvalue weighted by atomic mass is 10.1. The summed E-state index contributed by atoms with van der Waals surface area (Å²) in [6, 6.07) is 14.4. The standard InChI is InChI=1S/C21H20ClN3O3/c1-28-17-6-5-14-12-19(23-18(14)13-17)21(27)25-9-7-24(8-10-25)20(26)15-3-2-4-16(22)11-15/h2-6,11-13,23H,7-10H2,1H3. The van der Waals surface area contributed by atoms with Crippen LogP contribution in [0.4, 0.5) is 0 Å². The molecule has 28 heavy (non-hydrogen) atoms. The van der Waals surface area contributed by atoms with E-state index < -0.39 is 0 Å². The number of carbonyl (C=O) groups excluding carboxylic acids is 2. The zero-order valence-corrected chi connectivity index (χ0v) is 16.2. The lowest BCUT2D eigenvalue weighted by Crippen LogP contribution is -2.50. The lowest BCUT2D eigenvalue weighted by Gasteiger charge is -2.34. The first-order valence-electron chi connectivity index (χ1n) is 9.06. The molecule has 1 saturated heterocycles. The Labute approximate surface area is 167 Å². The molecule has 0 unspecified atom stereocenters. The van der Waals surface area contributed by atoms with Crippen LogP contribution in [0.25, 0.3) is 10.9 Å². The zero-order valence-electron chi connectivity index (χ0n) is 15.4. The molecule has 7 heteroatoms. The maximum atomic E-state index is 12.9. The molecular weight excluding hydrogens is 378 g/mol. The van der Waals surface area contributed by atoms with E-state index in [9.17, 15) is 9.59 Å². The van der Waals surface area contributed by atoms with Crippen molar-refractivity contribution in [1.82, 2.24) is 14.8 Å². The number of aromatic nitrogens is 1. The highest BCUT2D eigenvalue weighted by atomic mass is 35.5. The van der Waals surface area contributed by atoms with Gasteiger partial charge in [0.05, 0.1) is 7.11 Å². The molecule has 1 fully saturated rings. The molecule has 1 aliphatic rings. The minimum Gasteiger partial charge on any atom is -0.497 e. The highest BCUT2D eigenvalue weighted by Crippen LogP contribution is 2.22. The number of hydrogen-bond donors (Lipinski definition) is 1. The van der Waals surface area contributed by atoms with Gasteiger partial charge in [0, 0.05) is 53.7 Å². The lowest BCUT2D eigenvalue weighted by molar-refractivity contribution is 0.0533. The van der Waals surface area contributed by atoms with E-state index in [1.165, 1.54) is 0 Å². The number of rotatable bonds is 3. The van der Waals surface area contributed by atoms with Crippen LogP contribution in [-0.4, -0.2) is 59.9 Å². The van der Waals surface area contributed by atoms with E-state index in [1.807, 2.05) is 24.3 Å². The Hall–Kier alpha value is -2.99. The summed E-state index contributed by atoms with van der Waals surface area (Å²) in [5, 5.41) is 1.49. The van der Waals surface area contributed by atoms with Gasteiger partial charge in [0.2, 0.25) is 0 Å².